The van der Waals surface area contributed by atoms with Crippen molar-refractivity contribution in [2.24, 2.45) is 0 Å². The van der Waals surface area contributed by atoms with Crippen molar-refractivity contribution >= 4 is 11.6 Å². The van der Waals surface area contributed by atoms with Crippen molar-refractivity contribution in [3.05, 3.63) is 64.7 Å². The average molecular weight is 320 g/mol. The number of aliphatic hydroxyl groups is 1. The van der Waals surface area contributed by atoms with Gasteiger partial charge in [-0.2, -0.15) is 0 Å². The zero-order valence-electron chi connectivity index (χ0n) is 12.9. The van der Waals surface area contributed by atoms with Gasteiger partial charge in [-0.05, 0) is 49.2 Å². The molecule has 4 heteroatoms. The number of nitrogens with one attached hydrogen (secondary N) is 1. The van der Waals surface area contributed by atoms with E-state index in [4.69, 9.17) is 16.3 Å². The van der Waals surface area contributed by atoms with Crippen LogP contribution in [0.3, 0.4) is 0 Å². The third-order valence-corrected chi connectivity index (χ3v) is 3.71. The summed E-state index contributed by atoms with van der Waals surface area (Å²) >= 11 is 5.88. The van der Waals surface area contributed by atoms with Gasteiger partial charge in [-0.25, -0.2) is 0 Å². The number of halogens is 1. The molecule has 0 aromatic heterocycles. The maximum Gasteiger partial charge on any atom is 0.119 e. The minimum absolute atomic E-state index is 0.144. The summed E-state index contributed by atoms with van der Waals surface area (Å²) in [7, 11) is 0. The number of ether oxygens (including phenoxy) is 1. The lowest BCUT2D eigenvalue weighted by atomic mass is 10.1. The van der Waals surface area contributed by atoms with Crippen LogP contribution >= 0.6 is 11.6 Å². The summed E-state index contributed by atoms with van der Waals surface area (Å²) in [6, 6.07) is 15.6. The molecule has 2 aromatic rings. The molecular formula is C18H22ClNO2. The molecule has 0 amide bonds. The van der Waals surface area contributed by atoms with E-state index in [0.29, 0.717) is 6.54 Å². The summed E-state index contributed by atoms with van der Waals surface area (Å²) in [5.41, 5.74) is 2.28. The van der Waals surface area contributed by atoms with Gasteiger partial charge in [-0.15, -0.1) is 0 Å². The quantitative estimate of drug-likeness (QED) is 0.817. The molecule has 0 aliphatic heterocycles. The molecule has 0 fully saturated rings. The summed E-state index contributed by atoms with van der Waals surface area (Å²) in [5, 5.41) is 14.0. The van der Waals surface area contributed by atoms with Gasteiger partial charge in [0.2, 0.25) is 0 Å². The normalized spacial score (nSPS) is 13.6. The van der Waals surface area contributed by atoms with Crippen molar-refractivity contribution in [1.82, 2.24) is 5.32 Å². The maximum atomic E-state index is 10.0. The third-order valence-electron chi connectivity index (χ3n) is 3.46. The number of aryl methyl sites for hydroxylation is 1. The molecule has 0 saturated carbocycles. The molecule has 0 aliphatic carbocycles. The highest BCUT2D eigenvalue weighted by molar-refractivity contribution is 6.30. The van der Waals surface area contributed by atoms with Gasteiger partial charge < -0.3 is 15.2 Å². The van der Waals surface area contributed by atoms with Crippen LogP contribution in [0.2, 0.25) is 5.02 Å². The first-order chi connectivity index (χ1) is 10.5. The molecule has 2 unspecified atom stereocenters. The molecule has 0 bridgehead atoms. The van der Waals surface area contributed by atoms with Crippen LogP contribution in [0.25, 0.3) is 0 Å². The molecule has 3 nitrogen and oxygen atoms in total. The summed E-state index contributed by atoms with van der Waals surface area (Å²) in [4.78, 5) is 0. The van der Waals surface area contributed by atoms with Crippen LogP contribution in [0.4, 0.5) is 0 Å². The van der Waals surface area contributed by atoms with E-state index < -0.39 is 6.10 Å². The van der Waals surface area contributed by atoms with Crippen molar-refractivity contribution in [1.29, 1.82) is 0 Å². The van der Waals surface area contributed by atoms with Crippen LogP contribution in [0.1, 0.15) is 24.1 Å². The fourth-order valence-corrected chi connectivity index (χ4v) is 2.26. The Kier molecular flexibility index (Phi) is 6.25. The van der Waals surface area contributed by atoms with Gasteiger partial charge in [0.25, 0.3) is 0 Å². The Morgan fingerprint density at radius 1 is 1.18 bits per heavy atom. The van der Waals surface area contributed by atoms with Crippen LogP contribution < -0.4 is 10.1 Å². The Bertz CT molecular complexity index is 586. The van der Waals surface area contributed by atoms with Crippen LogP contribution in [0, 0.1) is 6.92 Å². The van der Waals surface area contributed by atoms with Gasteiger partial charge in [-0.1, -0.05) is 35.9 Å². The Morgan fingerprint density at radius 2 is 1.91 bits per heavy atom. The molecule has 2 rings (SSSR count). The summed E-state index contributed by atoms with van der Waals surface area (Å²) in [6.07, 6.45) is -0.560. The van der Waals surface area contributed by atoms with E-state index in [-0.39, 0.29) is 12.6 Å². The second-order valence-corrected chi connectivity index (χ2v) is 5.90. The standard InChI is InChI=1S/C18H22ClNO2/c1-13-4-3-5-18(10-13)22-12-17(21)11-20-14(2)15-6-8-16(19)9-7-15/h3-10,14,17,20-21H,11-12H2,1-2H3. The largest absolute Gasteiger partial charge is 0.491 e. The monoisotopic (exact) mass is 319 g/mol. The van der Waals surface area contributed by atoms with Crippen LogP contribution in [-0.2, 0) is 0 Å². The molecule has 22 heavy (non-hydrogen) atoms. The minimum atomic E-state index is -0.560. The van der Waals surface area contributed by atoms with E-state index in [1.54, 1.807) is 0 Å². The van der Waals surface area contributed by atoms with Gasteiger partial charge in [0.15, 0.2) is 0 Å². The van der Waals surface area contributed by atoms with Gasteiger partial charge in [0.1, 0.15) is 18.5 Å². The minimum Gasteiger partial charge on any atom is -0.491 e. The number of hydrogen-bond donors (Lipinski definition) is 2. The Morgan fingerprint density at radius 3 is 2.59 bits per heavy atom. The van der Waals surface area contributed by atoms with E-state index in [1.165, 1.54) is 0 Å². The molecule has 0 spiro atoms. The molecule has 2 aromatic carbocycles. The van der Waals surface area contributed by atoms with E-state index in [1.807, 2.05) is 55.5 Å². The van der Waals surface area contributed by atoms with Gasteiger partial charge >= 0.3 is 0 Å². The maximum absolute atomic E-state index is 10.0. The molecule has 2 N–H and O–H groups in total. The molecule has 0 aliphatic rings. The number of rotatable bonds is 7. The Balaban J connectivity index is 1.75. The molecule has 0 saturated heterocycles. The highest BCUT2D eigenvalue weighted by Crippen LogP contribution is 2.16. The molecule has 0 heterocycles. The highest BCUT2D eigenvalue weighted by atomic mass is 35.5. The predicted octanol–water partition coefficient (Wildman–Crippen LogP) is 3.74. The van der Waals surface area contributed by atoms with Gasteiger partial charge in [0, 0.05) is 17.6 Å². The van der Waals surface area contributed by atoms with Gasteiger partial charge in [-0.3, -0.25) is 0 Å². The topological polar surface area (TPSA) is 41.5 Å². The smallest absolute Gasteiger partial charge is 0.119 e. The van der Waals surface area contributed by atoms with Crippen molar-refractivity contribution < 1.29 is 9.84 Å². The van der Waals surface area contributed by atoms with E-state index in [9.17, 15) is 5.11 Å². The highest BCUT2D eigenvalue weighted by Gasteiger charge is 2.09. The first-order valence-corrected chi connectivity index (χ1v) is 7.79. The summed E-state index contributed by atoms with van der Waals surface area (Å²) in [6.45, 7) is 4.80. The number of benzene rings is 2. The summed E-state index contributed by atoms with van der Waals surface area (Å²) < 4.78 is 5.59. The number of hydrogen-bond acceptors (Lipinski definition) is 3. The third kappa shape index (κ3) is 5.34. The lowest BCUT2D eigenvalue weighted by molar-refractivity contribution is 0.104. The Hall–Kier alpha value is -1.55. The van der Waals surface area contributed by atoms with Crippen molar-refractivity contribution in [3.8, 4) is 5.75 Å². The van der Waals surface area contributed by atoms with Gasteiger partial charge in [0.05, 0.1) is 0 Å². The molecule has 2 atom stereocenters. The lowest BCUT2D eigenvalue weighted by Crippen LogP contribution is -2.33. The van der Waals surface area contributed by atoms with E-state index in [0.717, 1.165) is 21.9 Å². The molecule has 0 radical (unpaired) electrons. The van der Waals surface area contributed by atoms with E-state index in [2.05, 4.69) is 12.2 Å². The SMILES string of the molecule is Cc1cccc(OCC(O)CNC(C)c2ccc(Cl)cc2)c1. The fourth-order valence-electron chi connectivity index (χ4n) is 2.14. The zero-order chi connectivity index (χ0) is 15.9. The van der Waals surface area contributed by atoms with Crippen LogP contribution in [0.5, 0.6) is 5.75 Å². The average Bonchev–Trinajstić information content (AvgIpc) is 2.51. The molecule has 118 valence electrons. The fraction of sp³-hybridized carbons (Fsp3) is 0.333. The van der Waals surface area contributed by atoms with Crippen LogP contribution in [-0.4, -0.2) is 24.4 Å². The van der Waals surface area contributed by atoms with Crippen LogP contribution in [0.15, 0.2) is 48.5 Å². The Labute approximate surface area is 136 Å². The van der Waals surface area contributed by atoms with Crippen molar-refractivity contribution in [3.63, 3.8) is 0 Å². The number of aliphatic hydroxyl groups excluding tert-OH is 1. The second-order valence-electron chi connectivity index (χ2n) is 5.46. The summed E-state index contributed by atoms with van der Waals surface area (Å²) in [5.74, 6) is 0.782. The van der Waals surface area contributed by atoms with Crippen molar-refractivity contribution in [2.45, 2.75) is 26.0 Å². The lowest BCUT2D eigenvalue weighted by Gasteiger charge is -2.18. The van der Waals surface area contributed by atoms with Crippen molar-refractivity contribution in [2.75, 3.05) is 13.2 Å². The molecular weight excluding hydrogens is 298 g/mol. The van der Waals surface area contributed by atoms with E-state index >= 15 is 0 Å². The first kappa shape index (κ1) is 16.8. The first-order valence-electron chi connectivity index (χ1n) is 7.41. The predicted molar refractivity (Wildman–Crippen MR) is 90.6 cm³/mol. The second kappa shape index (κ2) is 8.18. The zero-order valence-corrected chi connectivity index (χ0v) is 13.7.